The number of unbranched alkanes of at least 4 members (excludes halogenated alkanes) is 2. The number of carbonyl (C=O) groups excluding carboxylic acids is 3. The zero-order valence-corrected chi connectivity index (χ0v) is 28.2. The summed E-state index contributed by atoms with van der Waals surface area (Å²) in [5.74, 6) is 0.0168. The second-order valence-electron chi connectivity index (χ2n) is 12.6. The fraction of sp³-hybridized carbons (Fsp3) is 0.368. The minimum absolute atomic E-state index is 0.0307. The van der Waals surface area contributed by atoms with Crippen LogP contribution in [0.25, 0.3) is 5.69 Å². The average molecular weight is 666 g/mol. The number of nitrogens with one attached hydrogen (secondary N) is 1. The monoisotopic (exact) mass is 665 g/mol. The van der Waals surface area contributed by atoms with Gasteiger partial charge in [0.05, 0.1) is 11.3 Å². The third-order valence-electron chi connectivity index (χ3n) is 8.96. The highest BCUT2D eigenvalue weighted by molar-refractivity contribution is 6.01. The molecule has 0 radical (unpaired) electrons. The highest BCUT2D eigenvalue weighted by Crippen LogP contribution is 2.32. The fourth-order valence-electron chi connectivity index (χ4n) is 6.21. The van der Waals surface area contributed by atoms with E-state index >= 15 is 0 Å². The van der Waals surface area contributed by atoms with Gasteiger partial charge in [-0.2, -0.15) is 5.10 Å². The second-order valence-corrected chi connectivity index (χ2v) is 12.6. The van der Waals surface area contributed by atoms with Crippen LogP contribution in [0, 0.1) is 6.92 Å². The molecule has 0 saturated heterocycles. The summed E-state index contributed by atoms with van der Waals surface area (Å²) >= 11 is 0. The number of ether oxygens (including phenoxy) is 2. The first-order valence-corrected chi connectivity index (χ1v) is 17.0. The maximum Gasteiger partial charge on any atom is 0.274 e. The van der Waals surface area contributed by atoms with Crippen molar-refractivity contribution in [1.29, 1.82) is 0 Å². The van der Waals surface area contributed by atoms with Crippen molar-refractivity contribution in [2.45, 2.75) is 71.8 Å². The van der Waals surface area contributed by atoms with Gasteiger partial charge in [-0.1, -0.05) is 63.1 Å². The Morgan fingerprint density at radius 1 is 0.939 bits per heavy atom. The molecule has 2 aliphatic heterocycles. The third kappa shape index (κ3) is 7.31. The zero-order chi connectivity index (χ0) is 34.5. The number of aromatic nitrogens is 2. The summed E-state index contributed by atoms with van der Waals surface area (Å²) in [6, 6.07) is 21.6. The van der Waals surface area contributed by atoms with Crippen LogP contribution in [0.4, 0.5) is 5.69 Å². The molecule has 3 aromatic carbocycles. The van der Waals surface area contributed by atoms with Gasteiger partial charge in [0.25, 0.3) is 17.7 Å². The number of aliphatic hydroxyl groups excluding tert-OH is 1. The molecule has 2 atom stereocenters. The molecule has 49 heavy (non-hydrogen) atoms. The van der Waals surface area contributed by atoms with Crippen molar-refractivity contribution in [3.8, 4) is 17.2 Å². The average Bonchev–Trinajstić information content (AvgIpc) is 3.51. The summed E-state index contributed by atoms with van der Waals surface area (Å²) in [7, 11) is 0. The third-order valence-corrected chi connectivity index (χ3v) is 8.96. The summed E-state index contributed by atoms with van der Waals surface area (Å²) in [6.07, 6.45) is 2.07. The van der Waals surface area contributed by atoms with Crippen LogP contribution in [-0.2, 0) is 17.8 Å². The number of aryl methyl sites for hydroxylation is 1. The van der Waals surface area contributed by atoms with Crippen LogP contribution < -0.4 is 14.8 Å². The van der Waals surface area contributed by atoms with Gasteiger partial charge >= 0.3 is 0 Å². The lowest BCUT2D eigenvalue weighted by molar-refractivity contribution is -0.125. The van der Waals surface area contributed by atoms with E-state index in [9.17, 15) is 19.5 Å². The van der Waals surface area contributed by atoms with E-state index in [0.717, 1.165) is 36.8 Å². The molecular formula is C38H43N5O6. The normalized spacial score (nSPS) is 16.5. The molecule has 11 heteroatoms. The van der Waals surface area contributed by atoms with Crippen molar-refractivity contribution >= 4 is 23.4 Å². The maximum absolute atomic E-state index is 14.4. The molecule has 2 N–H and O–H groups in total. The van der Waals surface area contributed by atoms with Gasteiger partial charge in [-0.05, 0) is 67.3 Å². The van der Waals surface area contributed by atoms with Gasteiger partial charge in [0.15, 0.2) is 17.2 Å². The molecule has 6 rings (SSSR count). The smallest absolute Gasteiger partial charge is 0.274 e. The van der Waals surface area contributed by atoms with E-state index in [1.807, 2.05) is 42.2 Å². The largest absolute Gasteiger partial charge is 0.485 e. The number of hydrogen-bond donors (Lipinski definition) is 2. The number of hydrogen-bond acceptors (Lipinski definition) is 7. The van der Waals surface area contributed by atoms with Crippen LogP contribution in [0.5, 0.6) is 11.5 Å². The predicted octanol–water partition coefficient (Wildman–Crippen LogP) is 5.52. The van der Waals surface area contributed by atoms with E-state index < -0.39 is 24.1 Å². The number of benzene rings is 3. The summed E-state index contributed by atoms with van der Waals surface area (Å²) in [6.45, 7) is 7.56. The molecule has 1 aromatic heterocycles. The van der Waals surface area contributed by atoms with Gasteiger partial charge in [-0.25, -0.2) is 4.68 Å². The first-order chi connectivity index (χ1) is 23.8. The predicted molar refractivity (Wildman–Crippen MR) is 185 cm³/mol. The summed E-state index contributed by atoms with van der Waals surface area (Å²) < 4.78 is 13.2. The molecular weight excluding hydrogens is 622 g/mol. The number of amides is 3. The molecule has 0 saturated carbocycles. The van der Waals surface area contributed by atoms with Crippen molar-refractivity contribution in [3.63, 3.8) is 0 Å². The highest BCUT2D eigenvalue weighted by Gasteiger charge is 2.32. The molecule has 11 nitrogen and oxygen atoms in total. The van der Waals surface area contributed by atoms with Gasteiger partial charge in [0.2, 0.25) is 6.10 Å². The number of fused-ring (bicyclic) bond motifs is 2. The van der Waals surface area contributed by atoms with Crippen molar-refractivity contribution < 1.29 is 29.0 Å². The summed E-state index contributed by atoms with van der Waals surface area (Å²) in [5, 5.41) is 18.7. The van der Waals surface area contributed by atoms with E-state index in [4.69, 9.17) is 14.6 Å². The lowest BCUT2D eigenvalue weighted by Crippen LogP contribution is -2.44. The molecule has 0 spiro atoms. The maximum atomic E-state index is 14.4. The number of rotatable bonds is 11. The minimum atomic E-state index is -1.05. The number of aliphatic hydroxyl groups is 1. The molecule has 0 fully saturated rings. The number of para-hydroxylation sites is 2. The Balaban J connectivity index is 1.33. The number of nitrogens with zero attached hydrogens (tertiary/aromatic N) is 4. The Labute approximate surface area is 286 Å². The molecule has 0 aliphatic carbocycles. The Kier molecular flexibility index (Phi) is 10.3. The van der Waals surface area contributed by atoms with Crippen LogP contribution in [0.3, 0.4) is 0 Å². The van der Waals surface area contributed by atoms with E-state index in [2.05, 4.69) is 19.2 Å². The van der Waals surface area contributed by atoms with Gasteiger partial charge in [-0.3, -0.25) is 14.4 Å². The molecule has 256 valence electrons. The van der Waals surface area contributed by atoms with Crippen LogP contribution in [0.15, 0.2) is 72.8 Å². The molecule has 0 bridgehead atoms. The number of carbonyl (C=O) groups is 3. The molecule has 4 aromatic rings. The Morgan fingerprint density at radius 2 is 1.63 bits per heavy atom. The van der Waals surface area contributed by atoms with Crippen LogP contribution in [-0.4, -0.2) is 74.4 Å². The molecule has 3 amide bonds. The topological polar surface area (TPSA) is 126 Å². The SMILES string of the molecule is CCCCN(CCCC)C(=O)c1cc(C)n(-c2ccc(NC(=O)C3COc4ccccc4O3)cc2C(=O)N2Cc3ccccc3CC2O)n1. The van der Waals surface area contributed by atoms with E-state index in [1.54, 1.807) is 47.1 Å². The van der Waals surface area contributed by atoms with E-state index in [1.165, 1.54) is 4.90 Å². The van der Waals surface area contributed by atoms with Crippen molar-refractivity contribution in [2.75, 3.05) is 25.0 Å². The zero-order valence-electron chi connectivity index (χ0n) is 28.2. The summed E-state index contributed by atoms with van der Waals surface area (Å²) in [4.78, 5) is 44.6. The van der Waals surface area contributed by atoms with Crippen molar-refractivity contribution in [2.24, 2.45) is 0 Å². The first kappa shape index (κ1) is 33.7. The highest BCUT2D eigenvalue weighted by atomic mass is 16.6. The fourth-order valence-corrected chi connectivity index (χ4v) is 6.21. The van der Waals surface area contributed by atoms with Crippen LogP contribution in [0.1, 0.15) is 77.2 Å². The van der Waals surface area contributed by atoms with Gasteiger partial charge in [0, 0.05) is 37.4 Å². The molecule has 3 heterocycles. The number of anilines is 1. The van der Waals surface area contributed by atoms with E-state index in [0.29, 0.717) is 53.8 Å². The lowest BCUT2D eigenvalue weighted by atomic mass is 9.97. The standard InChI is InChI=1S/C38H43N5O6/c1-4-6-18-41(19-7-5-2)38(47)30-20-25(3)43(40-30)31-17-16-28(39-36(45)34-24-48-32-14-10-11-15-33(32)49-34)22-29(31)37(46)42-23-27-13-9-8-12-26(27)21-35(42)44/h8-17,20,22,34-35,44H,4-7,18-19,21,23-24H2,1-3H3,(H,39,45). The summed E-state index contributed by atoms with van der Waals surface area (Å²) in [5.41, 5.74) is 3.88. The Bertz CT molecular complexity index is 1830. The van der Waals surface area contributed by atoms with Crippen molar-refractivity contribution in [3.05, 3.63) is 101 Å². The van der Waals surface area contributed by atoms with Crippen molar-refractivity contribution in [1.82, 2.24) is 19.6 Å². The first-order valence-electron chi connectivity index (χ1n) is 17.0. The second kappa shape index (κ2) is 14.9. The minimum Gasteiger partial charge on any atom is -0.485 e. The van der Waals surface area contributed by atoms with Gasteiger partial charge in [0.1, 0.15) is 12.8 Å². The van der Waals surface area contributed by atoms with Gasteiger partial charge < -0.3 is 29.7 Å². The van der Waals surface area contributed by atoms with E-state index in [-0.39, 0.29) is 24.6 Å². The van der Waals surface area contributed by atoms with Crippen LogP contribution in [0.2, 0.25) is 0 Å². The Morgan fingerprint density at radius 3 is 2.37 bits per heavy atom. The quantitative estimate of drug-likeness (QED) is 0.216. The molecule has 2 aliphatic rings. The molecule has 2 unspecified atom stereocenters. The van der Waals surface area contributed by atoms with Crippen LogP contribution >= 0.6 is 0 Å². The Hall–Kier alpha value is -5.16. The lowest BCUT2D eigenvalue weighted by Gasteiger charge is -2.34. The van der Waals surface area contributed by atoms with Gasteiger partial charge in [-0.15, -0.1) is 0 Å².